The first-order valence-corrected chi connectivity index (χ1v) is 8.47. The fraction of sp³-hybridized carbons (Fsp3) is 0.526. The molecule has 0 saturated carbocycles. The van der Waals surface area contributed by atoms with Crippen molar-refractivity contribution in [2.75, 3.05) is 26.8 Å². The maximum absolute atomic E-state index is 12.6. The molecule has 1 N–H and O–H groups in total. The number of morpholine rings is 1. The average Bonchev–Trinajstić information content (AvgIpc) is 2.99. The molecule has 5 heteroatoms. The van der Waals surface area contributed by atoms with E-state index in [1.807, 2.05) is 24.9 Å². The smallest absolute Gasteiger partial charge is 0.223 e. The Morgan fingerprint density at radius 3 is 3.04 bits per heavy atom. The summed E-state index contributed by atoms with van der Waals surface area (Å²) in [7, 11) is 1.66. The Hall–Kier alpha value is -1.85. The number of nitrogens with one attached hydrogen (secondary N) is 1. The molecule has 1 atom stereocenters. The predicted molar refractivity (Wildman–Crippen MR) is 94.0 cm³/mol. The number of carbonyl (C=O) groups excluding carboxylic acids is 1. The van der Waals surface area contributed by atoms with Gasteiger partial charge in [0.05, 0.1) is 18.3 Å². The van der Waals surface area contributed by atoms with Gasteiger partial charge in [-0.15, -0.1) is 0 Å². The van der Waals surface area contributed by atoms with Crippen LogP contribution in [-0.2, 0) is 20.7 Å². The predicted octanol–water partition coefficient (Wildman–Crippen LogP) is 2.75. The van der Waals surface area contributed by atoms with Crippen LogP contribution in [0, 0.1) is 0 Å². The number of amides is 1. The van der Waals surface area contributed by atoms with Crippen LogP contribution >= 0.6 is 0 Å². The summed E-state index contributed by atoms with van der Waals surface area (Å²) < 4.78 is 11.2. The number of benzene rings is 1. The summed E-state index contributed by atoms with van der Waals surface area (Å²) in [5.74, 6) is 0.182. The molecule has 1 fully saturated rings. The Kier molecular flexibility index (Phi) is 4.92. The highest BCUT2D eigenvalue weighted by Crippen LogP contribution is 2.22. The van der Waals surface area contributed by atoms with Crippen LogP contribution in [0.4, 0.5) is 0 Å². The number of aryl methyl sites for hydroxylation is 1. The monoisotopic (exact) mass is 330 g/mol. The number of aromatic amines is 1. The lowest BCUT2D eigenvalue weighted by Crippen LogP contribution is -2.55. The van der Waals surface area contributed by atoms with Gasteiger partial charge in [0, 0.05) is 38.3 Å². The lowest BCUT2D eigenvalue weighted by molar-refractivity contribution is -0.168. The topological polar surface area (TPSA) is 54.6 Å². The fourth-order valence-electron chi connectivity index (χ4n) is 3.43. The number of carbonyl (C=O) groups is 1. The fourth-order valence-corrected chi connectivity index (χ4v) is 3.43. The van der Waals surface area contributed by atoms with Crippen LogP contribution in [-0.4, -0.2) is 54.3 Å². The van der Waals surface area contributed by atoms with Crippen molar-refractivity contribution in [3.63, 3.8) is 0 Å². The van der Waals surface area contributed by atoms with Gasteiger partial charge in [-0.25, -0.2) is 0 Å². The van der Waals surface area contributed by atoms with Gasteiger partial charge in [0.25, 0.3) is 0 Å². The minimum absolute atomic E-state index is 0.0566. The van der Waals surface area contributed by atoms with Gasteiger partial charge in [0.2, 0.25) is 5.91 Å². The number of nitrogens with zero attached hydrogens (tertiary/aromatic N) is 1. The SMILES string of the molecule is COC[C@H]1CN(C(=O)CCc2ccc3[nH]ccc3c2)CC(C)(C)O1. The van der Waals surface area contributed by atoms with Crippen molar-refractivity contribution in [1.82, 2.24) is 9.88 Å². The van der Waals surface area contributed by atoms with Crippen LogP contribution in [0.5, 0.6) is 0 Å². The van der Waals surface area contributed by atoms with E-state index in [4.69, 9.17) is 9.47 Å². The molecule has 3 rings (SSSR count). The van der Waals surface area contributed by atoms with Gasteiger partial charge >= 0.3 is 0 Å². The highest BCUT2D eigenvalue weighted by Gasteiger charge is 2.35. The third-order valence-corrected chi connectivity index (χ3v) is 4.43. The normalized spacial score (nSPS) is 20.5. The van der Waals surface area contributed by atoms with E-state index in [0.717, 1.165) is 11.9 Å². The first kappa shape index (κ1) is 17.0. The van der Waals surface area contributed by atoms with E-state index in [2.05, 4.69) is 29.2 Å². The van der Waals surface area contributed by atoms with Gasteiger partial charge in [0.1, 0.15) is 0 Å². The minimum Gasteiger partial charge on any atom is -0.382 e. The molecular formula is C19H26N2O3. The van der Waals surface area contributed by atoms with E-state index >= 15 is 0 Å². The summed E-state index contributed by atoms with van der Waals surface area (Å²) in [4.78, 5) is 17.8. The average molecular weight is 330 g/mol. The largest absolute Gasteiger partial charge is 0.382 e. The first-order valence-electron chi connectivity index (χ1n) is 8.47. The molecule has 1 saturated heterocycles. The van der Waals surface area contributed by atoms with Gasteiger partial charge < -0.3 is 19.4 Å². The molecule has 0 bridgehead atoms. The molecule has 1 aliphatic rings. The quantitative estimate of drug-likeness (QED) is 0.917. The van der Waals surface area contributed by atoms with Gasteiger partial charge in [-0.2, -0.15) is 0 Å². The molecule has 2 heterocycles. The third-order valence-electron chi connectivity index (χ3n) is 4.43. The van der Waals surface area contributed by atoms with E-state index in [1.54, 1.807) is 7.11 Å². The van der Waals surface area contributed by atoms with Crippen LogP contribution in [0.1, 0.15) is 25.8 Å². The van der Waals surface area contributed by atoms with Crippen LogP contribution in [0.2, 0.25) is 0 Å². The Morgan fingerprint density at radius 1 is 1.42 bits per heavy atom. The number of hydrogen-bond donors (Lipinski definition) is 1. The maximum atomic E-state index is 12.6. The summed E-state index contributed by atoms with van der Waals surface area (Å²) >= 11 is 0. The Morgan fingerprint density at radius 2 is 2.25 bits per heavy atom. The summed E-state index contributed by atoms with van der Waals surface area (Å²) in [5.41, 5.74) is 1.99. The Balaban J connectivity index is 1.60. The molecule has 1 aromatic heterocycles. The van der Waals surface area contributed by atoms with Crippen LogP contribution in [0.15, 0.2) is 30.5 Å². The molecule has 130 valence electrons. The molecule has 5 nitrogen and oxygen atoms in total. The summed E-state index contributed by atoms with van der Waals surface area (Å²) in [5, 5.41) is 1.19. The van der Waals surface area contributed by atoms with E-state index < -0.39 is 0 Å². The van der Waals surface area contributed by atoms with Gasteiger partial charge in [-0.1, -0.05) is 6.07 Å². The summed E-state index contributed by atoms with van der Waals surface area (Å²) in [6.45, 7) is 5.79. The van der Waals surface area contributed by atoms with Gasteiger partial charge in [0.15, 0.2) is 0 Å². The second kappa shape index (κ2) is 6.95. The molecule has 0 spiro atoms. The van der Waals surface area contributed by atoms with Crippen molar-refractivity contribution in [2.45, 2.75) is 38.4 Å². The number of H-pyrrole nitrogens is 1. The third kappa shape index (κ3) is 3.97. The second-order valence-electron chi connectivity index (χ2n) is 7.13. The zero-order valence-corrected chi connectivity index (χ0v) is 14.7. The second-order valence-corrected chi connectivity index (χ2v) is 7.13. The number of rotatable bonds is 5. The number of aromatic nitrogens is 1. The van der Waals surface area contributed by atoms with E-state index in [0.29, 0.717) is 26.1 Å². The van der Waals surface area contributed by atoms with E-state index in [9.17, 15) is 4.79 Å². The van der Waals surface area contributed by atoms with Crippen molar-refractivity contribution in [3.05, 3.63) is 36.0 Å². The molecule has 1 aliphatic heterocycles. The van der Waals surface area contributed by atoms with Crippen molar-refractivity contribution in [1.29, 1.82) is 0 Å². The molecule has 2 aromatic rings. The standard InChI is InChI=1S/C19H26N2O3/c1-19(2)13-21(11-16(24-19)12-23-3)18(22)7-5-14-4-6-17-15(10-14)8-9-20-17/h4,6,8-10,16,20H,5,7,11-13H2,1-3H3/t16-/m1/s1. The molecule has 1 aromatic carbocycles. The first-order chi connectivity index (χ1) is 11.5. The van der Waals surface area contributed by atoms with Crippen molar-refractivity contribution < 1.29 is 14.3 Å². The van der Waals surface area contributed by atoms with Gasteiger partial charge in [-0.05, 0) is 49.4 Å². The van der Waals surface area contributed by atoms with Crippen LogP contribution in [0.25, 0.3) is 10.9 Å². The molecular weight excluding hydrogens is 304 g/mol. The molecule has 1 amide bonds. The molecule has 24 heavy (non-hydrogen) atoms. The Labute approximate surface area is 142 Å². The van der Waals surface area contributed by atoms with Gasteiger partial charge in [-0.3, -0.25) is 4.79 Å². The van der Waals surface area contributed by atoms with Crippen molar-refractivity contribution in [2.24, 2.45) is 0 Å². The van der Waals surface area contributed by atoms with Crippen molar-refractivity contribution in [3.8, 4) is 0 Å². The summed E-state index contributed by atoms with van der Waals surface area (Å²) in [6.07, 6.45) is 3.16. The summed E-state index contributed by atoms with van der Waals surface area (Å²) in [6, 6.07) is 8.36. The van der Waals surface area contributed by atoms with E-state index in [-0.39, 0.29) is 17.6 Å². The number of hydrogen-bond acceptors (Lipinski definition) is 3. The maximum Gasteiger partial charge on any atom is 0.223 e. The number of fused-ring (bicyclic) bond motifs is 1. The molecule has 0 radical (unpaired) electrons. The zero-order chi connectivity index (χ0) is 17.2. The van der Waals surface area contributed by atoms with Crippen LogP contribution < -0.4 is 0 Å². The highest BCUT2D eigenvalue weighted by atomic mass is 16.5. The van der Waals surface area contributed by atoms with E-state index in [1.165, 1.54) is 10.9 Å². The number of ether oxygens (including phenoxy) is 2. The molecule has 0 unspecified atom stereocenters. The zero-order valence-electron chi connectivity index (χ0n) is 14.7. The minimum atomic E-state index is -0.332. The lowest BCUT2D eigenvalue weighted by Gasteiger charge is -2.42. The molecule has 0 aliphatic carbocycles. The lowest BCUT2D eigenvalue weighted by atomic mass is 10.0. The Bertz CT molecular complexity index is 707. The highest BCUT2D eigenvalue weighted by molar-refractivity contribution is 5.80. The van der Waals surface area contributed by atoms with Crippen molar-refractivity contribution >= 4 is 16.8 Å². The number of methoxy groups -OCH3 is 1. The van der Waals surface area contributed by atoms with Crippen LogP contribution in [0.3, 0.4) is 0 Å².